The molecule has 1 heterocycles. The molecule has 0 spiro atoms. The van der Waals surface area contributed by atoms with Crippen molar-refractivity contribution in [2.75, 3.05) is 13.3 Å². The average Bonchev–Trinajstić information content (AvgIpc) is 3.03. The van der Waals surface area contributed by atoms with Crippen LogP contribution in [0.1, 0.15) is 16.9 Å². The normalized spacial score (nSPS) is 12.3. The summed E-state index contributed by atoms with van der Waals surface area (Å²) in [5.74, 6) is 1.47. The lowest BCUT2D eigenvalue weighted by molar-refractivity contribution is 0.538. The van der Waals surface area contributed by atoms with Gasteiger partial charge in [0.05, 0.1) is 11.4 Å². The molecule has 0 fully saturated rings. The minimum absolute atomic E-state index is 0.360. The van der Waals surface area contributed by atoms with E-state index in [1.54, 1.807) is 20.0 Å². The molecular formula is C20H23N3O3S. The minimum Gasteiger partial charge on any atom is -0.459 e. The first-order chi connectivity index (χ1) is 12.9. The molecule has 1 aromatic heterocycles. The summed E-state index contributed by atoms with van der Waals surface area (Å²) in [7, 11) is -1.50. The summed E-state index contributed by atoms with van der Waals surface area (Å²) in [5.41, 5.74) is 2.58. The number of sulfone groups is 1. The molecule has 0 saturated heterocycles. The molecule has 0 bridgehead atoms. The van der Waals surface area contributed by atoms with Gasteiger partial charge in [-0.2, -0.15) is 0 Å². The first-order valence-corrected chi connectivity index (χ1v) is 10.5. The van der Waals surface area contributed by atoms with E-state index in [0.29, 0.717) is 23.9 Å². The number of hydrogen-bond donors (Lipinski definition) is 2. The van der Waals surface area contributed by atoms with Gasteiger partial charge in [-0.1, -0.05) is 30.3 Å². The van der Waals surface area contributed by atoms with Gasteiger partial charge in [0, 0.05) is 25.2 Å². The number of nitrogens with zero attached hydrogens (tertiary/aromatic N) is 1. The first kappa shape index (κ1) is 19.0. The van der Waals surface area contributed by atoms with Gasteiger partial charge in [0.2, 0.25) is 0 Å². The lowest BCUT2D eigenvalue weighted by Crippen LogP contribution is -2.36. The Morgan fingerprint density at radius 2 is 1.81 bits per heavy atom. The Bertz CT molecular complexity index is 1050. The number of rotatable bonds is 5. The van der Waals surface area contributed by atoms with E-state index in [1.165, 1.54) is 6.26 Å². The highest BCUT2D eigenvalue weighted by Crippen LogP contribution is 2.18. The van der Waals surface area contributed by atoms with E-state index in [-0.39, 0.29) is 0 Å². The van der Waals surface area contributed by atoms with Crippen molar-refractivity contribution in [3.8, 4) is 0 Å². The van der Waals surface area contributed by atoms with Crippen LogP contribution in [0.2, 0.25) is 0 Å². The van der Waals surface area contributed by atoms with Crippen LogP contribution in [0.5, 0.6) is 0 Å². The van der Waals surface area contributed by atoms with Crippen molar-refractivity contribution >= 4 is 26.8 Å². The highest BCUT2D eigenvalue weighted by molar-refractivity contribution is 7.90. The van der Waals surface area contributed by atoms with Crippen LogP contribution in [0.4, 0.5) is 0 Å². The van der Waals surface area contributed by atoms with E-state index in [1.807, 2.05) is 42.5 Å². The molecule has 2 N–H and O–H groups in total. The Hall–Kier alpha value is -2.80. The van der Waals surface area contributed by atoms with E-state index >= 15 is 0 Å². The van der Waals surface area contributed by atoms with Gasteiger partial charge in [-0.3, -0.25) is 4.99 Å². The molecule has 0 aliphatic rings. The van der Waals surface area contributed by atoms with E-state index < -0.39 is 9.84 Å². The molecule has 0 amide bonds. The van der Waals surface area contributed by atoms with Crippen molar-refractivity contribution in [1.29, 1.82) is 0 Å². The first-order valence-electron chi connectivity index (χ1n) is 8.58. The summed E-state index contributed by atoms with van der Waals surface area (Å²) in [6.07, 6.45) is 1.22. The molecule has 142 valence electrons. The van der Waals surface area contributed by atoms with E-state index in [0.717, 1.165) is 27.9 Å². The molecule has 0 atom stereocenters. The Labute approximate surface area is 159 Å². The van der Waals surface area contributed by atoms with Gasteiger partial charge in [0.25, 0.3) is 0 Å². The molecular weight excluding hydrogens is 362 g/mol. The predicted molar refractivity (Wildman–Crippen MR) is 108 cm³/mol. The fourth-order valence-electron chi connectivity index (χ4n) is 2.94. The van der Waals surface area contributed by atoms with Crippen LogP contribution < -0.4 is 10.6 Å². The molecule has 0 aliphatic carbocycles. The zero-order valence-corrected chi connectivity index (χ0v) is 16.4. The smallest absolute Gasteiger partial charge is 0.191 e. The number of furan rings is 1. The van der Waals surface area contributed by atoms with Crippen LogP contribution in [-0.4, -0.2) is 27.7 Å². The van der Waals surface area contributed by atoms with Gasteiger partial charge < -0.3 is 15.1 Å². The minimum atomic E-state index is -3.20. The van der Waals surface area contributed by atoms with Crippen LogP contribution in [0.3, 0.4) is 0 Å². The Kier molecular flexibility index (Phi) is 5.51. The molecule has 0 radical (unpaired) electrons. The quantitative estimate of drug-likeness (QED) is 0.521. The Balaban J connectivity index is 1.60. The monoisotopic (exact) mass is 385 g/mol. The van der Waals surface area contributed by atoms with Gasteiger partial charge in [0.1, 0.15) is 11.3 Å². The van der Waals surface area contributed by atoms with E-state index in [9.17, 15) is 8.42 Å². The van der Waals surface area contributed by atoms with Crippen LogP contribution in [0.15, 0.2) is 62.8 Å². The third kappa shape index (κ3) is 4.68. The third-order valence-electron chi connectivity index (χ3n) is 4.23. The molecule has 0 saturated carbocycles. The molecule has 2 aromatic carbocycles. The summed E-state index contributed by atoms with van der Waals surface area (Å²) in [4.78, 5) is 4.57. The summed E-state index contributed by atoms with van der Waals surface area (Å²) < 4.78 is 29.2. The summed E-state index contributed by atoms with van der Waals surface area (Å²) >= 11 is 0. The van der Waals surface area contributed by atoms with E-state index in [2.05, 4.69) is 15.6 Å². The summed E-state index contributed by atoms with van der Waals surface area (Å²) in [6.45, 7) is 2.85. The standard InChI is InChI=1S/C20H23N3O3S/c1-14-10-15(8-9-19(14)27(3,24)25)12-22-20(21-2)23-13-17-11-16-6-4-5-7-18(16)26-17/h4-11H,12-13H2,1-3H3,(H2,21,22,23). The number of aryl methyl sites for hydroxylation is 1. The number of nitrogens with one attached hydrogen (secondary N) is 2. The maximum atomic E-state index is 11.7. The Morgan fingerprint density at radius 1 is 1.07 bits per heavy atom. The fourth-order valence-corrected chi connectivity index (χ4v) is 3.90. The molecule has 7 heteroatoms. The maximum absolute atomic E-state index is 11.7. The van der Waals surface area contributed by atoms with Crippen molar-refractivity contribution in [3.05, 3.63) is 65.4 Å². The summed E-state index contributed by atoms with van der Waals surface area (Å²) in [6, 6.07) is 15.2. The molecule has 3 aromatic rings. The van der Waals surface area contributed by atoms with Crippen LogP contribution in [0, 0.1) is 6.92 Å². The Morgan fingerprint density at radius 3 is 2.48 bits per heavy atom. The second kappa shape index (κ2) is 7.84. The predicted octanol–water partition coefficient (Wildman–Crippen LogP) is 3.01. The zero-order valence-electron chi connectivity index (χ0n) is 15.6. The van der Waals surface area contributed by atoms with Crippen molar-refractivity contribution < 1.29 is 12.8 Å². The third-order valence-corrected chi connectivity index (χ3v) is 5.49. The molecule has 27 heavy (non-hydrogen) atoms. The lowest BCUT2D eigenvalue weighted by atomic mass is 10.1. The van der Waals surface area contributed by atoms with Crippen LogP contribution in [-0.2, 0) is 22.9 Å². The van der Waals surface area contributed by atoms with Gasteiger partial charge >= 0.3 is 0 Å². The van der Waals surface area contributed by atoms with Crippen LogP contribution in [0.25, 0.3) is 11.0 Å². The molecule has 6 nitrogen and oxygen atoms in total. The molecule has 0 aliphatic heterocycles. The summed E-state index contributed by atoms with van der Waals surface area (Å²) in [5, 5.41) is 7.51. The fraction of sp³-hybridized carbons (Fsp3) is 0.250. The largest absolute Gasteiger partial charge is 0.459 e. The molecule has 3 rings (SSSR count). The van der Waals surface area contributed by atoms with Crippen molar-refractivity contribution in [3.63, 3.8) is 0 Å². The number of para-hydroxylation sites is 1. The number of aliphatic imine (C=N–C) groups is 1. The number of benzene rings is 2. The topological polar surface area (TPSA) is 83.7 Å². The second-order valence-electron chi connectivity index (χ2n) is 6.40. The van der Waals surface area contributed by atoms with Crippen molar-refractivity contribution in [2.45, 2.75) is 24.9 Å². The van der Waals surface area contributed by atoms with Gasteiger partial charge in [0.15, 0.2) is 15.8 Å². The number of fused-ring (bicyclic) bond motifs is 1. The van der Waals surface area contributed by atoms with Gasteiger partial charge in [-0.05, 0) is 36.2 Å². The SMILES string of the molecule is CN=C(NCc1ccc(S(C)(=O)=O)c(C)c1)NCc1cc2ccccc2o1. The van der Waals surface area contributed by atoms with Crippen LogP contribution >= 0.6 is 0 Å². The van der Waals surface area contributed by atoms with Crippen molar-refractivity contribution in [2.24, 2.45) is 4.99 Å². The van der Waals surface area contributed by atoms with E-state index in [4.69, 9.17) is 4.42 Å². The van der Waals surface area contributed by atoms with Gasteiger partial charge in [-0.15, -0.1) is 0 Å². The lowest BCUT2D eigenvalue weighted by Gasteiger charge is -2.12. The highest BCUT2D eigenvalue weighted by Gasteiger charge is 2.11. The second-order valence-corrected chi connectivity index (χ2v) is 8.39. The molecule has 0 unspecified atom stereocenters. The number of guanidine groups is 1. The average molecular weight is 385 g/mol. The number of hydrogen-bond acceptors (Lipinski definition) is 4. The van der Waals surface area contributed by atoms with Gasteiger partial charge in [-0.25, -0.2) is 8.42 Å². The van der Waals surface area contributed by atoms with Crippen molar-refractivity contribution in [1.82, 2.24) is 10.6 Å². The highest BCUT2D eigenvalue weighted by atomic mass is 32.2. The zero-order chi connectivity index (χ0) is 19.4. The maximum Gasteiger partial charge on any atom is 0.191 e.